The van der Waals surface area contributed by atoms with E-state index in [-0.39, 0.29) is 6.04 Å². The van der Waals surface area contributed by atoms with E-state index in [9.17, 15) is 0 Å². The molecule has 0 aliphatic carbocycles. The predicted molar refractivity (Wildman–Crippen MR) is 71.9 cm³/mol. The fourth-order valence-corrected chi connectivity index (χ4v) is 2.48. The average molecular weight is 258 g/mol. The molecule has 2 heterocycles. The Morgan fingerprint density at radius 1 is 1.37 bits per heavy atom. The summed E-state index contributed by atoms with van der Waals surface area (Å²) in [5.41, 5.74) is 1.21. The summed E-state index contributed by atoms with van der Waals surface area (Å²) < 4.78 is 11.2. The van der Waals surface area contributed by atoms with E-state index in [0.717, 1.165) is 24.0 Å². The molecule has 4 nitrogen and oxygen atoms in total. The van der Waals surface area contributed by atoms with Gasteiger partial charge in [-0.25, -0.2) is 4.98 Å². The second kappa shape index (κ2) is 5.05. The number of aromatic nitrogens is 1. The van der Waals surface area contributed by atoms with Gasteiger partial charge < -0.3 is 14.5 Å². The number of rotatable bonds is 3. The monoisotopic (exact) mass is 258 g/mol. The Kier molecular flexibility index (Phi) is 3.25. The normalized spacial score (nSPS) is 21.8. The molecule has 0 saturated heterocycles. The van der Waals surface area contributed by atoms with Crippen LogP contribution in [0.3, 0.4) is 0 Å². The molecule has 100 valence electrons. The van der Waals surface area contributed by atoms with Crippen LogP contribution >= 0.6 is 0 Å². The van der Waals surface area contributed by atoms with Crippen LogP contribution in [0.1, 0.15) is 30.2 Å². The minimum Gasteiger partial charge on any atom is -0.493 e. The molecular formula is C15H18N2O2. The summed E-state index contributed by atoms with van der Waals surface area (Å²) in [5, 5.41) is 3.52. The van der Waals surface area contributed by atoms with E-state index in [1.807, 2.05) is 25.1 Å². The van der Waals surface area contributed by atoms with Gasteiger partial charge in [0.05, 0.1) is 19.3 Å². The van der Waals surface area contributed by atoms with E-state index >= 15 is 0 Å². The van der Waals surface area contributed by atoms with Crippen LogP contribution in [0, 0.1) is 12.8 Å². The molecule has 2 aromatic rings. The molecule has 3 rings (SSSR count). The lowest BCUT2D eigenvalue weighted by Crippen LogP contribution is -2.33. The summed E-state index contributed by atoms with van der Waals surface area (Å²) in [6.07, 6.45) is 1.75. The number of fused-ring (bicyclic) bond motifs is 1. The Morgan fingerprint density at radius 3 is 3.00 bits per heavy atom. The molecule has 1 aromatic heterocycles. The maximum absolute atomic E-state index is 5.74. The van der Waals surface area contributed by atoms with Crippen molar-refractivity contribution in [2.75, 3.05) is 6.61 Å². The number of hydrogen-bond acceptors (Lipinski definition) is 4. The molecule has 1 aromatic carbocycles. The zero-order chi connectivity index (χ0) is 13.2. The number of oxazole rings is 1. The Morgan fingerprint density at radius 2 is 2.21 bits per heavy atom. The highest BCUT2D eigenvalue weighted by Crippen LogP contribution is 2.35. The van der Waals surface area contributed by atoms with E-state index in [1.54, 1.807) is 6.20 Å². The molecule has 0 radical (unpaired) electrons. The minimum absolute atomic E-state index is 0.275. The van der Waals surface area contributed by atoms with Crippen LogP contribution in [0.25, 0.3) is 0 Å². The second-order valence-electron chi connectivity index (χ2n) is 5.05. The number of benzene rings is 1. The lowest BCUT2D eigenvalue weighted by Gasteiger charge is -2.31. The standard InChI is InChI=1S/C15H18N2O2/c1-10-9-18-13-6-4-3-5-12(13)15(10)17-8-14-16-7-11(2)19-14/h3-7,10,15,17H,8-9H2,1-2H3. The number of aryl methyl sites for hydroxylation is 1. The lowest BCUT2D eigenvalue weighted by molar-refractivity contribution is 0.185. The first-order valence-corrected chi connectivity index (χ1v) is 6.60. The zero-order valence-corrected chi connectivity index (χ0v) is 11.2. The van der Waals surface area contributed by atoms with Crippen LogP contribution in [0.5, 0.6) is 5.75 Å². The predicted octanol–water partition coefficient (Wildman–Crippen LogP) is 2.84. The third-order valence-corrected chi connectivity index (χ3v) is 3.47. The number of para-hydroxylation sites is 1. The number of nitrogens with one attached hydrogen (secondary N) is 1. The minimum atomic E-state index is 0.275. The van der Waals surface area contributed by atoms with Gasteiger partial charge in [0.15, 0.2) is 0 Å². The molecule has 0 bridgehead atoms. The largest absolute Gasteiger partial charge is 0.493 e. The first-order valence-electron chi connectivity index (χ1n) is 6.60. The first-order chi connectivity index (χ1) is 9.24. The molecule has 2 atom stereocenters. The van der Waals surface area contributed by atoms with Crippen molar-refractivity contribution >= 4 is 0 Å². The van der Waals surface area contributed by atoms with Gasteiger partial charge in [-0.05, 0) is 13.0 Å². The fraction of sp³-hybridized carbons (Fsp3) is 0.400. The second-order valence-corrected chi connectivity index (χ2v) is 5.05. The Balaban J connectivity index is 1.76. The highest BCUT2D eigenvalue weighted by atomic mass is 16.5. The molecule has 1 aliphatic heterocycles. The highest BCUT2D eigenvalue weighted by molar-refractivity contribution is 5.37. The van der Waals surface area contributed by atoms with E-state index in [0.29, 0.717) is 12.5 Å². The SMILES string of the molecule is Cc1cnc(CNC2c3ccccc3OCC2C)o1. The maximum Gasteiger partial charge on any atom is 0.208 e. The van der Waals surface area contributed by atoms with Crippen LogP contribution in [-0.4, -0.2) is 11.6 Å². The van der Waals surface area contributed by atoms with Gasteiger partial charge in [-0.3, -0.25) is 0 Å². The Bertz CT molecular complexity index is 565. The summed E-state index contributed by atoms with van der Waals surface area (Å²) in [4.78, 5) is 4.22. The average Bonchev–Trinajstić information content (AvgIpc) is 2.83. The van der Waals surface area contributed by atoms with Crippen molar-refractivity contribution in [2.24, 2.45) is 5.92 Å². The van der Waals surface area contributed by atoms with E-state index < -0.39 is 0 Å². The van der Waals surface area contributed by atoms with Crippen molar-refractivity contribution in [1.82, 2.24) is 10.3 Å². The lowest BCUT2D eigenvalue weighted by atomic mass is 9.92. The van der Waals surface area contributed by atoms with Gasteiger partial charge in [0.1, 0.15) is 11.5 Å². The smallest absolute Gasteiger partial charge is 0.208 e. The third-order valence-electron chi connectivity index (χ3n) is 3.47. The highest BCUT2D eigenvalue weighted by Gasteiger charge is 2.27. The van der Waals surface area contributed by atoms with Gasteiger partial charge in [0, 0.05) is 17.5 Å². The van der Waals surface area contributed by atoms with E-state index in [4.69, 9.17) is 9.15 Å². The summed E-state index contributed by atoms with van der Waals surface area (Å²) in [6.45, 7) is 5.47. The topological polar surface area (TPSA) is 47.3 Å². The van der Waals surface area contributed by atoms with Crippen molar-refractivity contribution in [3.8, 4) is 5.75 Å². The zero-order valence-electron chi connectivity index (χ0n) is 11.2. The van der Waals surface area contributed by atoms with Gasteiger partial charge in [-0.1, -0.05) is 25.1 Å². The maximum atomic E-state index is 5.74. The molecule has 0 saturated carbocycles. The molecule has 0 spiro atoms. The van der Waals surface area contributed by atoms with Crippen molar-refractivity contribution < 1.29 is 9.15 Å². The number of nitrogens with zero attached hydrogens (tertiary/aromatic N) is 1. The van der Waals surface area contributed by atoms with Crippen molar-refractivity contribution in [2.45, 2.75) is 26.4 Å². The van der Waals surface area contributed by atoms with Crippen molar-refractivity contribution in [1.29, 1.82) is 0 Å². The van der Waals surface area contributed by atoms with E-state index in [1.165, 1.54) is 5.56 Å². The molecule has 19 heavy (non-hydrogen) atoms. The van der Waals surface area contributed by atoms with Crippen LogP contribution in [0.2, 0.25) is 0 Å². The van der Waals surface area contributed by atoms with Gasteiger partial charge in [0.2, 0.25) is 5.89 Å². The van der Waals surface area contributed by atoms with Crippen LogP contribution < -0.4 is 10.1 Å². The summed E-state index contributed by atoms with van der Waals surface area (Å²) in [6, 6.07) is 8.46. The summed E-state index contributed by atoms with van der Waals surface area (Å²) in [7, 11) is 0. The fourth-order valence-electron chi connectivity index (χ4n) is 2.48. The molecule has 1 N–H and O–H groups in total. The summed E-state index contributed by atoms with van der Waals surface area (Å²) >= 11 is 0. The van der Waals surface area contributed by atoms with Gasteiger partial charge in [-0.2, -0.15) is 0 Å². The molecule has 1 aliphatic rings. The molecule has 2 unspecified atom stereocenters. The van der Waals surface area contributed by atoms with Crippen LogP contribution in [0.4, 0.5) is 0 Å². The van der Waals surface area contributed by atoms with Crippen LogP contribution in [0.15, 0.2) is 34.9 Å². The number of hydrogen-bond donors (Lipinski definition) is 1. The van der Waals surface area contributed by atoms with Gasteiger partial charge >= 0.3 is 0 Å². The molecule has 4 heteroatoms. The Hall–Kier alpha value is -1.81. The van der Waals surface area contributed by atoms with Gasteiger partial charge in [-0.15, -0.1) is 0 Å². The van der Waals surface area contributed by atoms with Crippen molar-refractivity contribution in [3.63, 3.8) is 0 Å². The number of ether oxygens (including phenoxy) is 1. The Labute approximate surface area is 112 Å². The quantitative estimate of drug-likeness (QED) is 0.919. The first kappa shape index (κ1) is 12.2. The van der Waals surface area contributed by atoms with Crippen LogP contribution in [-0.2, 0) is 6.54 Å². The molecule has 0 fully saturated rings. The summed E-state index contributed by atoms with van der Waals surface area (Å²) in [5.74, 6) is 2.97. The third kappa shape index (κ3) is 2.49. The van der Waals surface area contributed by atoms with Crippen molar-refractivity contribution in [3.05, 3.63) is 47.7 Å². The molecular weight excluding hydrogens is 240 g/mol. The van der Waals surface area contributed by atoms with E-state index in [2.05, 4.69) is 23.3 Å². The molecule has 0 amide bonds. The van der Waals surface area contributed by atoms with Gasteiger partial charge in [0.25, 0.3) is 0 Å².